The number of piperidine rings is 1. The Balaban J connectivity index is 1.53. The summed E-state index contributed by atoms with van der Waals surface area (Å²) in [7, 11) is 0. The zero-order chi connectivity index (χ0) is 17.3. The van der Waals surface area contributed by atoms with Gasteiger partial charge in [0, 0.05) is 45.6 Å². The molecule has 3 rings (SSSR count). The van der Waals surface area contributed by atoms with Crippen molar-refractivity contribution in [3.63, 3.8) is 0 Å². The molecule has 3 heteroatoms. The molecule has 0 bridgehead atoms. The van der Waals surface area contributed by atoms with Gasteiger partial charge in [-0.15, -0.1) is 0 Å². The second-order valence-corrected chi connectivity index (χ2v) is 6.92. The molecule has 1 aliphatic rings. The Morgan fingerprint density at radius 1 is 0.800 bits per heavy atom. The second kappa shape index (κ2) is 9.50. The minimum absolute atomic E-state index is 0.422. The Hall–Kier alpha value is -1.97. The molecule has 0 radical (unpaired) electrons. The molecule has 0 aromatic heterocycles. The number of carbonyl (C=O) groups is 1. The van der Waals surface area contributed by atoms with Gasteiger partial charge in [0.05, 0.1) is 0 Å². The molecule has 0 N–H and O–H groups in total. The Labute approximate surface area is 151 Å². The van der Waals surface area contributed by atoms with E-state index < -0.39 is 0 Å². The summed E-state index contributed by atoms with van der Waals surface area (Å²) >= 11 is 0. The lowest BCUT2D eigenvalue weighted by molar-refractivity contribution is -0.121. The molecule has 1 saturated heterocycles. The van der Waals surface area contributed by atoms with Crippen molar-refractivity contribution in [3.05, 3.63) is 71.8 Å². The lowest BCUT2D eigenvalue weighted by Gasteiger charge is -2.28. The molecule has 132 valence electrons. The first-order valence-corrected chi connectivity index (χ1v) is 9.34. The quantitative estimate of drug-likeness (QED) is 0.733. The van der Waals surface area contributed by atoms with Crippen molar-refractivity contribution in [2.45, 2.75) is 32.4 Å². The SMILES string of the molecule is O=C1CCN(CCCN(Cc2ccccc2)Cc2ccccc2)CC1. The number of hydrogen-bond acceptors (Lipinski definition) is 3. The molecule has 2 aromatic rings. The van der Waals surface area contributed by atoms with Gasteiger partial charge in [0.15, 0.2) is 0 Å². The number of rotatable bonds is 8. The number of hydrogen-bond donors (Lipinski definition) is 0. The van der Waals surface area contributed by atoms with Gasteiger partial charge in [-0.1, -0.05) is 60.7 Å². The Morgan fingerprint density at radius 3 is 1.84 bits per heavy atom. The highest BCUT2D eigenvalue weighted by Gasteiger charge is 2.16. The van der Waals surface area contributed by atoms with Crippen LogP contribution in [0, 0.1) is 0 Å². The van der Waals surface area contributed by atoms with Crippen LogP contribution in [0.4, 0.5) is 0 Å². The van der Waals surface area contributed by atoms with Crippen LogP contribution in [0.5, 0.6) is 0 Å². The second-order valence-electron chi connectivity index (χ2n) is 6.92. The number of ketones is 1. The van der Waals surface area contributed by atoms with Crippen LogP contribution in [-0.2, 0) is 17.9 Å². The van der Waals surface area contributed by atoms with E-state index in [-0.39, 0.29) is 0 Å². The van der Waals surface area contributed by atoms with Crippen molar-refractivity contribution in [2.24, 2.45) is 0 Å². The van der Waals surface area contributed by atoms with Crippen LogP contribution >= 0.6 is 0 Å². The molecule has 0 unspecified atom stereocenters. The molecular formula is C22H28N2O. The van der Waals surface area contributed by atoms with Crippen molar-refractivity contribution < 1.29 is 4.79 Å². The Bertz CT molecular complexity index is 590. The van der Waals surface area contributed by atoms with Crippen molar-refractivity contribution in [1.82, 2.24) is 9.80 Å². The summed E-state index contributed by atoms with van der Waals surface area (Å²) in [5.74, 6) is 0.422. The van der Waals surface area contributed by atoms with Gasteiger partial charge in [-0.2, -0.15) is 0 Å². The molecule has 0 aliphatic carbocycles. The fraction of sp³-hybridized carbons (Fsp3) is 0.409. The minimum atomic E-state index is 0.422. The van der Waals surface area contributed by atoms with Crippen molar-refractivity contribution in [2.75, 3.05) is 26.2 Å². The molecule has 0 atom stereocenters. The molecule has 1 heterocycles. The average Bonchev–Trinajstić information content (AvgIpc) is 2.65. The summed E-state index contributed by atoms with van der Waals surface area (Å²) in [4.78, 5) is 16.3. The summed E-state index contributed by atoms with van der Waals surface area (Å²) in [5, 5.41) is 0. The molecule has 1 fully saturated rings. The summed E-state index contributed by atoms with van der Waals surface area (Å²) in [6, 6.07) is 21.4. The van der Waals surface area contributed by atoms with Crippen LogP contribution in [0.15, 0.2) is 60.7 Å². The van der Waals surface area contributed by atoms with Crippen LogP contribution in [-0.4, -0.2) is 41.8 Å². The molecule has 2 aromatic carbocycles. The third-order valence-corrected chi connectivity index (χ3v) is 4.86. The van der Waals surface area contributed by atoms with E-state index in [0.717, 1.165) is 58.5 Å². The largest absolute Gasteiger partial charge is 0.302 e. The van der Waals surface area contributed by atoms with Crippen LogP contribution in [0.1, 0.15) is 30.4 Å². The Morgan fingerprint density at radius 2 is 1.32 bits per heavy atom. The summed E-state index contributed by atoms with van der Waals surface area (Å²) in [6.45, 7) is 6.01. The van der Waals surface area contributed by atoms with Gasteiger partial charge in [0.2, 0.25) is 0 Å². The maximum Gasteiger partial charge on any atom is 0.135 e. The molecule has 0 amide bonds. The standard InChI is InChI=1S/C22H28N2O/c25-22-12-16-23(17-13-22)14-7-15-24(18-20-8-3-1-4-9-20)19-21-10-5-2-6-11-21/h1-6,8-11H,7,12-19H2. The predicted molar refractivity (Wildman–Crippen MR) is 102 cm³/mol. The normalized spacial score (nSPS) is 15.6. The zero-order valence-corrected chi connectivity index (χ0v) is 14.9. The van der Waals surface area contributed by atoms with Gasteiger partial charge < -0.3 is 4.90 Å². The van der Waals surface area contributed by atoms with E-state index in [4.69, 9.17) is 0 Å². The van der Waals surface area contributed by atoms with Crippen molar-refractivity contribution in [1.29, 1.82) is 0 Å². The van der Waals surface area contributed by atoms with Gasteiger partial charge in [-0.05, 0) is 24.1 Å². The topological polar surface area (TPSA) is 23.6 Å². The summed E-state index contributed by atoms with van der Waals surface area (Å²) < 4.78 is 0. The Kier molecular flexibility index (Phi) is 6.78. The highest BCUT2D eigenvalue weighted by molar-refractivity contribution is 5.79. The van der Waals surface area contributed by atoms with E-state index in [9.17, 15) is 4.79 Å². The number of likely N-dealkylation sites (tertiary alicyclic amines) is 1. The first-order chi connectivity index (χ1) is 12.3. The van der Waals surface area contributed by atoms with E-state index in [2.05, 4.69) is 70.5 Å². The first-order valence-electron chi connectivity index (χ1n) is 9.34. The molecular weight excluding hydrogens is 308 g/mol. The molecule has 3 nitrogen and oxygen atoms in total. The maximum absolute atomic E-state index is 11.4. The van der Waals surface area contributed by atoms with E-state index in [0.29, 0.717) is 5.78 Å². The fourth-order valence-electron chi connectivity index (χ4n) is 3.44. The highest BCUT2D eigenvalue weighted by atomic mass is 16.1. The van der Waals surface area contributed by atoms with Crippen LogP contribution in [0.2, 0.25) is 0 Å². The molecule has 0 saturated carbocycles. The monoisotopic (exact) mass is 336 g/mol. The van der Waals surface area contributed by atoms with Gasteiger partial charge in [0.25, 0.3) is 0 Å². The van der Waals surface area contributed by atoms with Crippen molar-refractivity contribution in [3.8, 4) is 0 Å². The van der Waals surface area contributed by atoms with Gasteiger partial charge >= 0.3 is 0 Å². The van der Waals surface area contributed by atoms with Gasteiger partial charge in [0.1, 0.15) is 5.78 Å². The molecule has 1 aliphatic heterocycles. The predicted octanol–water partition coefficient (Wildman–Crippen LogP) is 3.74. The smallest absolute Gasteiger partial charge is 0.135 e. The van der Waals surface area contributed by atoms with Gasteiger partial charge in [-0.25, -0.2) is 0 Å². The van der Waals surface area contributed by atoms with Crippen LogP contribution in [0.3, 0.4) is 0 Å². The summed E-state index contributed by atoms with van der Waals surface area (Å²) in [6.07, 6.45) is 2.61. The molecule has 0 spiro atoms. The number of nitrogens with zero attached hydrogens (tertiary/aromatic N) is 2. The van der Waals surface area contributed by atoms with Crippen LogP contribution < -0.4 is 0 Å². The highest BCUT2D eigenvalue weighted by Crippen LogP contribution is 2.12. The van der Waals surface area contributed by atoms with E-state index in [1.54, 1.807) is 0 Å². The lowest BCUT2D eigenvalue weighted by Crippen LogP contribution is -2.36. The van der Waals surface area contributed by atoms with E-state index in [1.165, 1.54) is 11.1 Å². The average molecular weight is 336 g/mol. The maximum atomic E-state index is 11.4. The number of Topliss-reactive ketones (excluding diaryl/α,β-unsaturated/α-hetero) is 1. The zero-order valence-electron chi connectivity index (χ0n) is 14.9. The van der Waals surface area contributed by atoms with Crippen LogP contribution in [0.25, 0.3) is 0 Å². The van der Waals surface area contributed by atoms with Crippen molar-refractivity contribution >= 4 is 5.78 Å². The van der Waals surface area contributed by atoms with Gasteiger partial charge in [-0.3, -0.25) is 9.69 Å². The number of benzene rings is 2. The third kappa shape index (κ3) is 6.11. The molecule has 25 heavy (non-hydrogen) atoms. The van der Waals surface area contributed by atoms with E-state index >= 15 is 0 Å². The minimum Gasteiger partial charge on any atom is -0.302 e. The fourth-order valence-corrected chi connectivity index (χ4v) is 3.44. The third-order valence-electron chi connectivity index (χ3n) is 4.86. The van der Waals surface area contributed by atoms with E-state index in [1.807, 2.05) is 0 Å². The summed E-state index contributed by atoms with van der Waals surface area (Å²) in [5.41, 5.74) is 2.73. The lowest BCUT2D eigenvalue weighted by atomic mass is 10.1. The number of carbonyl (C=O) groups excluding carboxylic acids is 1. The first kappa shape index (κ1) is 17.8.